The first-order chi connectivity index (χ1) is 12.7. The zero-order valence-corrected chi connectivity index (χ0v) is 14.8. The molecule has 4 rings (SSSR count). The quantitative estimate of drug-likeness (QED) is 0.654. The molecular formula is C19H22N6O. The summed E-state index contributed by atoms with van der Waals surface area (Å²) >= 11 is 0. The summed E-state index contributed by atoms with van der Waals surface area (Å²) < 4.78 is 3.71. The van der Waals surface area contributed by atoms with Crippen LogP contribution in [0.25, 0.3) is 5.69 Å². The van der Waals surface area contributed by atoms with Gasteiger partial charge in [0, 0.05) is 44.2 Å². The lowest BCUT2D eigenvalue weighted by Gasteiger charge is -2.21. The third kappa shape index (κ3) is 3.66. The number of nitrogens with zero attached hydrogens (tertiary/aromatic N) is 6. The van der Waals surface area contributed by atoms with Crippen LogP contribution in [0.1, 0.15) is 30.7 Å². The number of hydrogen-bond acceptors (Lipinski definition) is 4. The third-order valence-electron chi connectivity index (χ3n) is 4.69. The van der Waals surface area contributed by atoms with Crippen LogP contribution in [0.2, 0.25) is 0 Å². The molecular weight excluding hydrogens is 328 g/mol. The average Bonchev–Trinajstić information content (AvgIpc) is 3.25. The van der Waals surface area contributed by atoms with Crippen molar-refractivity contribution in [3.05, 3.63) is 60.4 Å². The van der Waals surface area contributed by atoms with Gasteiger partial charge in [0.2, 0.25) is 5.91 Å². The minimum atomic E-state index is 0.169. The lowest BCUT2D eigenvalue weighted by atomic mass is 10.2. The number of para-hydroxylation sites is 1. The van der Waals surface area contributed by atoms with E-state index in [2.05, 4.69) is 15.3 Å². The molecule has 0 N–H and O–H groups in total. The lowest BCUT2D eigenvalue weighted by Crippen LogP contribution is -2.32. The smallest absolute Gasteiger partial charge is 0.223 e. The van der Waals surface area contributed by atoms with E-state index in [4.69, 9.17) is 0 Å². The fourth-order valence-corrected chi connectivity index (χ4v) is 3.06. The van der Waals surface area contributed by atoms with E-state index < -0.39 is 0 Å². The summed E-state index contributed by atoms with van der Waals surface area (Å²) in [5.41, 5.74) is 2.07. The van der Waals surface area contributed by atoms with Crippen molar-refractivity contribution in [2.75, 3.05) is 0 Å². The van der Waals surface area contributed by atoms with Crippen LogP contribution in [0.15, 0.2) is 49.1 Å². The highest BCUT2D eigenvalue weighted by molar-refractivity contribution is 5.77. The topological polar surface area (TPSA) is 68.8 Å². The van der Waals surface area contributed by atoms with E-state index in [1.165, 1.54) is 0 Å². The van der Waals surface area contributed by atoms with Gasteiger partial charge in [0.05, 0.1) is 11.9 Å². The summed E-state index contributed by atoms with van der Waals surface area (Å²) in [7, 11) is 1.90. The number of rotatable bonds is 7. The number of aromatic nitrogens is 5. The van der Waals surface area contributed by atoms with Crippen LogP contribution in [0.5, 0.6) is 0 Å². The minimum absolute atomic E-state index is 0.169. The molecule has 0 saturated heterocycles. The molecule has 1 aliphatic carbocycles. The first kappa shape index (κ1) is 16.5. The molecule has 2 aromatic heterocycles. The van der Waals surface area contributed by atoms with Gasteiger partial charge < -0.3 is 9.47 Å². The molecule has 0 atom stereocenters. The number of aryl methyl sites for hydroxylation is 2. The molecule has 26 heavy (non-hydrogen) atoms. The maximum Gasteiger partial charge on any atom is 0.223 e. The molecule has 2 heterocycles. The fraction of sp³-hybridized carbons (Fsp3) is 0.368. The Labute approximate surface area is 152 Å². The van der Waals surface area contributed by atoms with Crippen LogP contribution in [-0.2, 0) is 24.8 Å². The van der Waals surface area contributed by atoms with Gasteiger partial charge in [0.15, 0.2) is 0 Å². The van der Waals surface area contributed by atoms with E-state index in [1.807, 2.05) is 63.9 Å². The van der Waals surface area contributed by atoms with Crippen LogP contribution < -0.4 is 0 Å². The highest BCUT2D eigenvalue weighted by Gasteiger charge is 2.32. The second kappa shape index (κ2) is 7.11. The van der Waals surface area contributed by atoms with Gasteiger partial charge in [-0.25, -0.2) is 4.68 Å². The summed E-state index contributed by atoms with van der Waals surface area (Å²) in [6, 6.07) is 10.4. The minimum Gasteiger partial charge on any atom is -0.335 e. The van der Waals surface area contributed by atoms with E-state index in [1.54, 1.807) is 6.33 Å². The van der Waals surface area contributed by atoms with Gasteiger partial charge in [-0.05, 0) is 25.0 Å². The largest absolute Gasteiger partial charge is 0.335 e. The van der Waals surface area contributed by atoms with Crippen molar-refractivity contribution in [3.63, 3.8) is 0 Å². The number of hydrogen-bond donors (Lipinski definition) is 0. The van der Waals surface area contributed by atoms with Crippen molar-refractivity contribution in [1.29, 1.82) is 0 Å². The maximum atomic E-state index is 12.8. The standard InChI is InChI=1S/C19H22N6O/c1-23-14-20-22-18(23)9-10-19(26)24(16-7-8-16)12-15-11-21-25(13-15)17-5-3-2-4-6-17/h2-6,11,13-14,16H,7-10,12H2,1H3. The van der Waals surface area contributed by atoms with Crippen LogP contribution >= 0.6 is 0 Å². The molecule has 7 heteroatoms. The Morgan fingerprint density at radius 3 is 2.77 bits per heavy atom. The molecule has 0 bridgehead atoms. The molecule has 1 saturated carbocycles. The van der Waals surface area contributed by atoms with Crippen molar-refractivity contribution in [2.45, 2.75) is 38.3 Å². The normalized spacial score (nSPS) is 13.7. The van der Waals surface area contributed by atoms with Crippen molar-refractivity contribution in [3.8, 4) is 5.69 Å². The van der Waals surface area contributed by atoms with Crippen molar-refractivity contribution in [1.82, 2.24) is 29.4 Å². The molecule has 1 amide bonds. The summed E-state index contributed by atoms with van der Waals surface area (Å²) in [5, 5.41) is 12.4. The second-order valence-electron chi connectivity index (χ2n) is 6.74. The Balaban J connectivity index is 1.42. The van der Waals surface area contributed by atoms with Crippen molar-refractivity contribution >= 4 is 5.91 Å². The SMILES string of the molecule is Cn1cnnc1CCC(=O)N(Cc1cnn(-c2ccccc2)c1)C1CC1. The lowest BCUT2D eigenvalue weighted by molar-refractivity contribution is -0.132. The molecule has 134 valence electrons. The van der Waals surface area contributed by atoms with Crippen LogP contribution in [0.4, 0.5) is 0 Å². The van der Waals surface area contributed by atoms with Gasteiger partial charge >= 0.3 is 0 Å². The van der Waals surface area contributed by atoms with Gasteiger partial charge in [0.25, 0.3) is 0 Å². The molecule has 1 fully saturated rings. The van der Waals surface area contributed by atoms with Crippen LogP contribution in [-0.4, -0.2) is 41.4 Å². The summed E-state index contributed by atoms with van der Waals surface area (Å²) in [6.45, 7) is 0.606. The van der Waals surface area contributed by atoms with E-state index >= 15 is 0 Å². The molecule has 0 unspecified atom stereocenters. The maximum absolute atomic E-state index is 12.8. The molecule has 1 aliphatic rings. The van der Waals surface area contributed by atoms with Gasteiger partial charge in [0.1, 0.15) is 12.2 Å². The Bertz CT molecular complexity index is 880. The summed E-state index contributed by atoms with van der Waals surface area (Å²) in [4.78, 5) is 14.7. The number of carbonyl (C=O) groups excluding carboxylic acids is 1. The number of carbonyl (C=O) groups is 1. The molecule has 7 nitrogen and oxygen atoms in total. The molecule has 0 radical (unpaired) electrons. The Kier molecular flexibility index (Phi) is 4.51. The highest BCUT2D eigenvalue weighted by Crippen LogP contribution is 2.29. The fourth-order valence-electron chi connectivity index (χ4n) is 3.06. The van der Waals surface area contributed by atoms with Crippen LogP contribution in [0, 0.1) is 0 Å². The van der Waals surface area contributed by atoms with E-state index in [9.17, 15) is 4.79 Å². The van der Waals surface area contributed by atoms with Gasteiger partial charge in [-0.15, -0.1) is 10.2 Å². The average molecular weight is 350 g/mol. The van der Waals surface area contributed by atoms with Gasteiger partial charge in [-0.2, -0.15) is 5.10 Å². The van der Waals surface area contributed by atoms with E-state index in [0.29, 0.717) is 25.4 Å². The first-order valence-electron chi connectivity index (χ1n) is 8.92. The zero-order valence-electron chi connectivity index (χ0n) is 14.8. The van der Waals surface area contributed by atoms with Crippen LogP contribution in [0.3, 0.4) is 0 Å². The predicted molar refractivity (Wildman–Crippen MR) is 96.5 cm³/mol. The van der Waals surface area contributed by atoms with E-state index in [0.717, 1.165) is 29.9 Å². The highest BCUT2D eigenvalue weighted by atomic mass is 16.2. The Morgan fingerprint density at radius 1 is 1.27 bits per heavy atom. The summed E-state index contributed by atoms with van der Waals surface area (Å²) in [5.74, 6) is 1.01. The molecule has 0 aliphatic heterocycles. The number of amides is 1. The molecule has 1 aromatic carbocycles. The zero-order chi connectivity index (χ0) is 17.9. The first-order valence-corrected chi connectivity index (χ1v) is 8.92. The van der Waals surface area contributed by atoms with Gasteiger partial charge in [-0.1, -0.05) is 18.2 Å². The number of benzene rings is 1. The second-order valence-corrected chi connectivity index (χ2v) is 6.74. The van der Waals surface area contributed by atoms with Crippen molar-refractivity contribution < 1.29 is 4.79 Å². The summed E-state index contributed by atoms with van der Waals surface area (Å²) in [6.07, 6.45) is 8.75. The van der Waals surface area contributed by atoms with Crippen molar-refractivity contribution in [2.24, 2.45) is 7.05 Å². The Morgan fingerprint density at radius 2 is 2.08 bits per heavy atom. The third-order valence-corrected chi connectivity index (χ3v) is 4.69. The Hall–Kier alpha value is -2.96. The monoisotopic (exact) mass is 350 g/mol. The molecule has 3 aromatic rings. The van der Waals surface area contributed by atoms with E-state index in [-0.39, 0.29) is 5.91 Å². The van der Waals surface area contributed by atoms with Gasteiger partial charge in [-0.3, -0.25) is 4.79 Å². The predicted octanol–water partition coefficient (Wildman–Crippen LogP) is 2.12. The molecule has 0 spiro atoms.